The summed E-state index contributed by atoms with van der Waals surface area (Å²) >= 11 is 0. The fourth-order valence-corrected chi connectivity index (χ4v) is 3.23. The predicted molar refractivity (Wildman–Crippen MR) is 88.6 cm³/mol. The first kappa shape index (κ1) is 17.8. The minimum atomic E-state index is -4.42. The number of halogens is 1. The Bertz CT molecular complexity index is 697. The van der Waals surface area contributed by atoms with Crippen molar-refractivity contribution in [1.82, 2.24) is 5.32 Å². The molecule has 0 aliphatic heterocycles. The summed E-state index contributed by atoms with van der Waals surface area (Å²) in [6, 6.07) is 13.3. The monoisotopic (exact) mass is 337 g/mol. The Morgan fingerprint density at radius 1 is 1.04 bits per heavy atom. The number of hydrogen-bond acceptors (Lipinski definition) is 2. The zero-order valence-corrected chi connectivity index (χ0v) is 14.0. The average Bonchev–Trinajstić information content (AvgIpc) is 2.48. The van der Waals surface area contributed by atoms with Crippen LogP contribution in [-0.4, -0.2) is 9.79 Å². The minimum absolute atomic E-state index is 0.0361. The zero-order chi connectivity index (χ0) is 17.0. The summed E-state index contributed by atoms with van der Waals surface area (Å²) < 4.78 is 25.4. The molecule has 0 saturated carbocycles. The molecule has 0 saturated heterocycles. The van der Waals surface area contributed by atoms with Gasteiger partial charge in [-0.2, -0.15) is 0 Å². The van der Waals surface area contributed by atoms with Crippen molar-refractivity contribution in [3.63, 3.8) is 0 Å². The van der Waals surface area contributed by atoms with Crippen LogP contribution in [0.1, 0.15) is 42.2 Å². The lowest BCUT2D eigenvalue weighted by Gasteiger charge is -2.21. The van der Waals surface area contributed by atoms with E-state index in [1.165, 1.54) is 6.07 Å². The lowest BCUT2D eigenvalue weighted by atomic mass is 10.0. The van der Waals surface area contributed by atoms with Crippen molar-refractivity contribution in [2.24, 2.45) is 0 Å². The van der Waals surface area contributed by atoms with E-state index in [1.54, 1.807) is 30.3 Å². The fraction of sp³-hybridized carbons (Fsp3) is 0.294. The van der Waals surface area contributed by atoms with Crippen molar-refractivity contribution in [3.8, 4) is 0 Å². The highest BCUT2D eigenvalue weighted by Gasteiger charge is 2.30. The van der Waals surface area contributed by atoms with Crippen LogP contribution in [0.3, 0.4) is 0 Å². The molecule has 0 unspecified atom stereocenters. The van der Waals surface area contributed by atoms with Gasteiger partial charge in [0.15, 0.2) is 0 Å². The van der Waals surface area contributed by atoms with Gasteiger partial charge in [-0.1, -0.05) is 56.3 Å². The fourth-order valence-electron chi connectivity index (χ4n) is 2.34. The van der Waals surface area contributed by atoms with Crippen LogP contribution in [0.5, 0.6) is 0 Å². The second-order valence-corrected chi connectivity index (χ2v) is 7.48. The maximum atomic E-state index is 13.6. The van der Waals surface area contributed by atoms with Crippen LogP contribution in [0, 0.1) is 5.82 Å². The molecule has 2 aromatic rings. The molecular weight excluding hydrogens is 316 g/mol. The Balaban J connectivity index is 2.21. The van der Waals surface area contributed by atoms with E-state index in [0.29, 0.717) is 17.0 Å². The average molecular weight is 337 g/mol. The van der Waals surface area contributed by atoms with Crippen molar-refractivity contribution in [2.45, 2.75) is 32.1 Å². The Labute approximate surface area is 135 Å². The lowest BCUT2D eigenvalue weighted by Crippen LogP contribution is -2.21. The molecule has 3 N–H and O–H groups in total. The van der Waals surface area contributed by atoms with Crippen LogP contribution in [-0.2, 0) is 11.1 Å². The maximum absolute atomic E-state index is 13.6. The Morgan fingerprint density at radius 3 is 2.13 bits per heavy atom. The molecule has 4 nitrogen and oxygen atoms in total. The molecule has 0 spiro atoms. The topological polar surface area (TPSA) is 69.6 Å². The van der Waals surface area contributed by atoms with E-state index in [2.05, 4.69) is 5.32 Å². The van der Waals surface area contributed by atoms with Gasteiger partial charge in [0.05, 0.1) is 0 Å². The van der Waals surface area contributed by atoms with Gasteiger partial charge in [0.2, 0.25) is 0 Å². The molecule has 1 atom stereocenters. The van der Waals surface area contributed by atoms with E-state index in [-0.39, 0.29) is 6.54 Å². The molecule has 23 heavy (non-hydrogen) atoms. The summed E-state index contributed by atoms with van der Waals surface area (Å²) in [5.41, 5.74) is 1.94. The van der Waals surface area contributed by atoms with Crippen molar-refractivity contribution in [3.05, 3.63) is 71.0 Å². The first-order valence-electron chi connectivity index (χ1n) is 7.41. The van der Waals surface area contributed by atoms with Crippen LogP contribution in [0.25, 0.3) is 0 Å². The third-order valence-corrected chi connectivity index (χ3v) is 4.85. The van der Waals surface area contributed by atoms with Crippen LogP contribution in [0.2, 0.25) is 0 Å². The van der Waals surface area contributed by atoms with Crippen LogP contribution < -0.4 is 5.32 Å². The van der Waals surface area contributed by atoms with Gasteiger partial charge in [0.1, 0.15) is 11.6 Å². The standard InChI is InChI=1S/C17H21FNO3P/c1-12(2)13-7-9-14(10-8-13)17(23(20,21)22)19-11-15-5-3-4-6-16(15)18/h3-10,12,17,19H,11H2,1-2H3,(H2,20,21,22)/t17-/m1/s1. The van der Waals surface area contributed by atoms with Crippen molar-refractivity contribution >= 4 is 7.60 Å². The minimum Gasteiger partial charge on any atom is -0.323 e. The van der Waals surface area contributed by atoms with Gasteiger partial charge < -0.3 is 9.79 Å². The third kappa shape index (κ3) is 4.72. The molecule has 124 valence electrons. The molecule has 0 aromatic heterocycles. The van der Waals surface area contributed by atoms with E-state index >= 15 is 0 Å². The highest BCUT2D eigenvalue weighted by atomic mass is 31.2. The highest BCUT2D eigenvalue weighted by Crippen LogP contribution is 2.50. The van der Waals surface area contributed by atoms with Crippen LogP contribution in [0.15, 0.2) is 48.5 Å². The number of hydrogen-bond donors (Lipinski definition) is 3. The summed E-state index contributed by atoms with van der Waals surface area (Å²) in [6.07, 6.45) is 0. The molecule has 2 rings (SSSR count). The lowest BCUT2D eigenvalue weighted by molar-refractivity contribution is 0.347. The van der Waals surface area contributed by atoms with Crippen molar-refractivity contribution < 1.29 is 18.7 Å². The van der Waals surface area contributed by atoms with Gasteiger partial charge in [-0.3, -0.25) is 9.88 Å². The smallest absolute Gasteiger partial charge is 0.323 e. The molecular formula is C17H21FNO3P. The molecule has 0 aliphatic carbocycles. The molecule has 0 radical (unpaired) electrons. The molecule has 0 fully saturated rings. The first-order valence-corrected chi connectivity index (χ1v) is 9.09. The summed E-state index contributed by atoms with van der Waals surface area (Å²) in [5, 5.41) is 2.78. The normalized spacial score (nSPS) is 13.3. The van der Waals surface area contributed by atoms with Gasteiger partial charge in [-0.05, 0) is 23.1 Å². The first-order chi connectivity index (χ1) is 10.8. The van der Waals surface area contributed by atoms with Gasteiger partial charge in [0, 0.05) is 12.1 Å². The molecule has 0 amide bonds. The summed E-state index contributed by atoms with van der Waals surface area (Å²) in [4.78, 5) is 19.2. The molecule has 2 aromatic carbocycles. The zero-order valence-electron chi connectivity index (χ0n) is 13.1. The third-order valence-electron chi connectivity index (χ3n) is 3.70. The second-order valence-electron chi connectivity index (χ2n) is 5.79. The summed E-state index contributed by atoms with van der Waals surface area (Å²) in [6.45, 7) is 4.13. The van der Waals surface area contributed by atoms with Crippen LogP contribution >= 0.6 is 7.60 Å². The Kier molecular flexibility index (Phi) is 5.71. The summed E-state index contributed by atoms with van der Waals surface area (Å²) in [7, 11) is -4.42. The SMILES string of the molecule is CC(C)c1ccc([C@H](NCc2ccccc2F)P(=O)(O)O)cc1. The van der Waals surface area contributed by atoms with Gasteiger partial charge in [-0.25, -0.2) is 4.39 Å². The predicted octanol–water partition coefficient (Wildman–Crippen LogP) is 3.92. The Morgan fingerprint density at radius 2 is 1.61 bits per heavy atom. The van der Waals surface area contributed by atoms with E-state index in [9.17, 15) is 18.7 Å². The maximum Gasteiger partial charge on any atom is 0.346 e. The highest BCUT2D eigenvalue weighted by molar-refractivity contribution is 7.52. The van der Waals surface area contributed by atoms with Crippen molar-refractivity contribution in [2.75, 3.05) is 0 Å². The van der Waals surface area contributed by atoms with E-state index in [1.807, 2.05) is 26.0 Å². The number of nitrogens with one attached hydrogen (secondary N) is 1. The summed E-state index contributed by atoms with van der Waals surface area (Å²) in [5.74, 6) is -1.23. The quantitative estimate of drug-likeness (QED) is 0.699. The largest absolute Gasteiger partial charge is 0.346 e. The molecule has 0 heterocycles. The Hall–Kier alpha value is -1.52. The van der Waals surface area contributed by atoms with E-state index in [4.69, 9.17) is 0 Å². The molecule has 0 aliphatic rings. The van der Waals surface area contributed by atoms with E-state index in [0.717, 1.165) is 5.56 Å². The van der Waals surface area contributed by atoms with Gasteiger partial charge in [0.25, 0.3) is 0 Å². The van der Waals surface area contributed by atoms with E-state index < -0.39 is 19.2 Å². The van der Waals surface area contributed by atoms with Gasteiger partial charge in [-0.15, -0.1) is 0 Å². The number of benzene rings is 2. The van der Waals surface area contributed by atoms with Crippen LogP contribution in [0.4, 0.5) is 4.39 Å². The second kappa shape index (κ2) is 7.37. The molecule has 6 heteroatoms. The van der Waals surface area contributed by atoms with Gasteiger partial charge >= 0.3 is 7.60 Å². The van der Waals surface area contributed by atoms with Crippen molar-refractivity contribution in [1.29, 1.82) is 0 Å². The number of rotatable bonds is 6. The molecule has 0 bridgehead atoms.